The molecule has 15 heavy (non-hydrogen) atoms. The number of aliphatic hydroxyl groups excluding tert-OH is 1. The van der Waals surface area contributed by atoms with Crippen LogP contribution in [0.15, 0.2) is 24.3 Å². The Hall–Kier alpha value is -1.35. The first-order valence-corrected chi connectivity index (χ1v) is 5.02. The highest BCUT2D eigenvalue weighted by Crippen LogP contribution is 2.54. The van der Waals surface area contributed by atoms with Gasteiger partial charge in [-0.15, -0.1) is 0 Å². The van der Waals surface area contributed by atoms with E-state index in [9.17, 15) is 9.90 Å². The van der Waals surface area contributed by atoms with Gasteiger partial charge in [-0.3, -0.25) is 4.79 Å². The van der Waals surface area contributed by atoms with Crippen molar-refractivity contribution in [1.29, 1.82) is 0 Å². The number of rotatable bonds is 3. The van der Waals surface area contributed by atoms with Crippen molar-refractivity contribution in [2.45, 2.75) is 18.8 Å². The zero-order chi connectivity index (χ0) is 11.1. The minimum absolute atomic E-state index is 0.0553. The lowest BCUT2D eigenvalue weighted by molar-refractivity contribution is -0.140. The van der Waals surface area contributed by atoms with E-state index >= 15 is 0 Å². The van der Waals surface area contributed by atoms with Crippen molar-refractivity contribution in [2.75, 3.05) is 6.61 Å². The molecule has 80 valence electrons. The molecule has 1 aromatic carbocycles. The van der Waals surface area contributed by atoms with Gasteiger partial charge in [-0.2, -0.15) is 0 Å². The number of carboxylic acid groups (broad SMARTS) is 1. The fourth-order valence-electron chi connectivity index (χ4n) is 2.21. The molecule has 0 amide bonds. The van der Waals surface area contributed by atoms with E-state index in [-0.39, 0.29) is 12.5 Å². The monoisotopic (exact) mass is 206 g/mol. The Kier molecular flexibility index (Phi) is 2.27. The summed E-state index contributed by atoms with van der Waals surface area (Å²) >= 11 is 0. The van der Waals surface area contributed by atoms with Crippen LogP contribution in [0, 0.1) is 12.8 Å². The quantitative estimate of drug-likeness (QED) is 0.784. The summed E-state index contributed by atoms with van der Waals surface area (Å²) in [6.45, 7) is 1.88. The van der Waals surface area contributed by atoms with Crippen LogP contribution >= 0.6 is 0 Å². The number of aliphatic hydroxyl groups is 1. The molecule has 3 heteroatoms. The molecule has 1 fully saturated rings. The summed E-state index contributed by atoms with van der Waals surface area (Å²) in [5.41, 5.74) is 1.03. The van der Waals surface area contributed by atoms with Gasteiger partial charge in [-0.05, 0) is 18.9 Å². The summed E-state index contributed by atoms with van der Waals surface area (Å²) < 4.78 is 0. The van der Waals surface area contributed by atoms with Crippen LogP contribution in [0.1, 0.15) is 17.5 Å². The maximum Gasteiger partial charge on any atom is 0.314 e. The third-order valence-corrected chi connectivity index (χ3v) is 3.24. The van der Waals surface area contributed by atoms with Crippen LogP contribution in [0.5, 0.6) is 0 Å². The van der Waals surface area contributed by atoms with Gasteiger partial charge in [0.2, 0.25) is 0 Å². The largest absolute Gasteiger partial charge is 0.481 e. The minimum Gasteiger partial charge on any atom is -0.481 e. The van der Waals surface area contributed by atoms with Crippen molar-refractivity contribution in [3.05, 3.63) is 35.4 Å². The summed E-state index contributed by atoms with van der Waals surface area (Å²) in [6, 6.07) is 7.53. The Balaban J connectivity index is 2.40. The van der Waals surface area contributed by atoms with Crippen molar-refractivity contribution in [1.82, 2.24) is 0 Å². The molecule has 0 bridgehead atoms. The zero-order valence-corrected chi connectivity index (χ0v) is 8.60. The predicted octanol–water partition coefficient (Wildman–Crippen LogP) is 1.33. The second-order valence-corrected chi connectivity index (χ2v) is 4.23. The second kappa shape index (κ2) is 3.35. The van der Waals surface area contributed by atoms with Crippen molar-refractivity contribution in [2.24, 2.45) is 5.92 Å². The average Bonchev–Trinajstić information content (AvgIpc) is 2.93. The number of benzene rings is 1. The zero-order valence-electron chi connectivity index (χ0n) is 8.60. The number of aryl methyl sites for hydroxylation is 1. The smallest absolute Gasteiger partial charge is 0.314 e. The lowest BCUT2D eigenvalue weighted by Gasteiger charge is -2.12. The van der Waals surface area contributed by atoms with Crippen molar-refractivity contribution in [3.8, 4) is 0 Å². The van der Waals surface area contributed by atoms with Crippen LogP contribution in [-0.2, 0) is 10.2 Å². The molecule has 1 aliphatic carbocycles. The van der Waals surface area contributed by atoms with E-state index in [0.29, 0.717) is 6.42 Å². The molecule has 1 aromatic rings. The van der Waals surface area contributed by atoms with E-state index in [2.05, 4.69) is 0 Å². The van der Waals surface area contributed by atoms with Crippen LogP contribution in [0.3, 0.4) is 0 Å². The van der Waals surface area contributed by atoms with Gasteiger partial charge >= 0.3 is 5.97 Å². The van der Waals surface area contributed by atoms with E-state index in [1.54, 1.807) is 0 Å². The standard InChI is InChI=1S/C12H14O3/c1-8-3-2-4-9(5-8)12(11(14)15)6-10(12)7-13/h2-5,10,13H,6-7H2,1H3,(H,14,15). The molecule has 1 aliphatic rings. The highest BCUT2D eigenvalue weighted by Gasteiger charge is 2.61. The van der Waals surface area contributed by atoms with Gasteiger partial charge in [-0.1, -0.05) is 29.8 Å². The van der Waals surface area contributed by atoms with E-state index in [4.69, 9.17) is 5.11 Å². The SMILES string of the molecule is Cc1cccc(C2(C(=O)O)CC2CO)c1. The normalized spacial score (nSPS) is 28.8. The van der Waals surface area contributed by atoms with Crippen molar-refractivity contribution >= 4 is 5.97 Å². The molecule has 2 N–H and O–H groups in total. The fourth-order valence-corrected chi connectivity index (χ4v) is 2.21. The Bertz CT molecular complexity index is 400. The van der Waals surface area contributed by atoms with E-state index in [1.165, 1.54) is 0 Å². The molecule has 0 heterocycles. The second-order valence-electron chi connectivity index (χ2n) is 4.23. The topological polar surface area (TPSA) is 57.5 Å². The number of hydrogen-bond donors (Lipinski definition) is 2. The van der Waals surface area contributed by atoms with Gasteiger partial charge in [0.1, 0.15) is 0 Å². The summed E-state index contributed by atoms with van der Waals surface area (Å²) in [5, 5.41) is 18.3. The molecule has 0 aromatic heterocycles. The molecule has 0 radical (unpaired) electrons. The first-order valence-electron chi connectivity index (χ1n) is 5.02. The molecule has 0 spiro atoms. The molecule has 2 atom stereocenters. The summed E-state index contributed by atoms with van der Waals surface area (Å²) in [4.78, 5) is 11.3. The Morgan fingerprint density at radius 1 is 1.60 bits per heavy atom. The van der Waals surface area contributed by atoms with Gasteiger partial charge < -0.3 is 10.2 Å². The van der Waals surface area contributed by atoms with Crippen LogP contribution in [0.4, 0.5) is 0 Å². The minimum atomic E-state index is -0.833. The number of hydrogen-bond acceptors (Lipinski definition) is 2. The molecule has 2 rings (SSSR count). The number of aliphatic carboxylic acids is 1. The van der Waals surface area contributed by atoms with E-state index in [0.717, 1.165) is 11.1 Å². The molecule has 1 saturated carbocycles. The molecular weight excluding hydrogens is 192 g/mol. The van der Waals surface area contributed by atoms with E-state index in [1.807, 2.05) is 31.2 Å². The van der Waals surface area contributed by atoms with Crippen LogP contribution in [0.2, 0.25) is 0 Å². The lowest BCUT2D eigenvalue weighted by Crippen LogP contribution is -2.23. The van der Waals surface area contributed by atoms with Gasteiger partial charge in [0.15, 0.2) is 0 Å². The van der Waals surface area contributed by atoms with Gasteiger partial charge in [0.25, 0.3) is 0 Å². The fraction of sp³-hybridized carbons (Fsp3) is 0.417. The highest BCUT2D eigenvalue weighted by molar-refractivity contribution is 5.86. The molecule has 0 aliphatic heterocycles. The average molecular weight is 206 g/mol. The Labute approximate surface area is 88.4 Å². The Morgan fingerprint density at radius 2 is 2.33 bits per heavy atom. The maximum atomic E-state index is 11.3. The van der Waals surface area contributed by atoms with E-state index < -0.39 is 11.4 Å². The third-order valence-electron chi connectivity index (χ3n) is 3.24. The van der Waals surface area contributed by atoms with Crippen LogP contribution < -0.4 is 0 Å². The van der Waals surface area contributed by atoms with Gasteiger partial charge in [-0.25, -0.2) is 0 Å². The highest BCUT2D eigenvalue weighted by atomic mass is 16.4. The maximum absolute atomic E-state index is 11.3. The Morgan fingerprint density at radius 3 is 2.80 bits per heavy atom. The predicted molar refractivity (Wildman–Crippen MR) is 55.7 cm³/mol. The van der Waals surface area contributed by atoms with Crippen molar-refractivity contribution < 1.29 is 15.0 Å². The molecular formula is C12H14O3. The van der Waals surface area contributed by atoms with Crippen LogP contribution in [-0.4, -0.2) is 22.8 Å². The van der Waals surface area contributed by atoms with Crippen LogP contribution in [0.25, 0.3) is 0 Å². The number of carbonyl (C=O) groups is 1. The lowest BCUT2D eigenvalue weighted by atomic mass is 9.92. The summed E-state index contributed by atoms with van der Waals surface area (Å²) in [6.07, 6.45) is 0.544. The summed E-state index contributed by atoms with van der Waals surface area (Å²) in [5.74, 6) is -0.955. The first kappa shape index (κ1) is 10.2. The van der Waals surface area contributed by atoms with Gasteiger partial charge in [0.05, 0.1) is 5.41 Å². The molecule has 0 saturated heterocycles. The first-order chi connectivity index (χ1) is 7.11. The number of carboxylic acids is 1. The molecule has 3 nitrogen and oxygen atoms in total. The molecule has 2 unspecified atom stereocenters. The third kappa shape index (κ3) is 1.43. The van der Waals surface area contributed by atoms with Crippen molar-refractivity contribution in [3.63, 3.8) is 0 Å². The van der Waals surface area contributed by atoms with Gasteiger partial charge in [0, 0.05) is 12.5 Å². The summed E-state index contributed by atoms with van der Waals surface area (Å²) in [7, 11) is 0.